The second kappa shape index (κ2) is 8.21. The van der Waals surface area contributed by atoms with Crippen LogP contribution in [0.2, 0.25) is 0 Å². The lowest BCUT2D eigenvalue weighted by molar-refractivity contribution is 0.380. The van der Waals surface area contributed by atoms with Crippen molar-refractivity contribution in [1.82, 2.24) is 10.2 Å². The lowest BCUT2D eigenvalue weighted by Gasteiger charge is -2.36. The van der Waals surface area contributed by atoms with Gasteiger partial charge in [0.1, 0.15) is 5.82 Å². The van der Waals surface area contributed by atoms with E-state index in [1.54, 1.807) is 13.1 Å². The van der Waals surface area contributed by atoms with Crippen molar-refractivity contribution >= 4 is 17.7 Å². The molecule has 0 saturated carbocycles. The molecular formula is C17H23FN4S. The lowest BCUT2D eigenvalue weighted by atomic mass is 10.1. The molecule has 1 heterocycles. The van der Waals surface area contributed by atoms with Crippen molar-refractivity contribution < 1.29 is 4.39 Å². The van der Waals surface area contributed by atoms with Gasteiger partial charge < -0.3 is 10.2 Å². The zero-order valence-corrected chi connectivity index (χ0v) is 14.7. The van der Waals surface area contributed by atoms with E-state index in [1.807, 2.05) is 17.8 Å². The molecule has 1 aromatic rings. The summed E-state index contributed by atoms with van der Waals surface area (Å²) in [5.41, 5.74) is 0.949. The minimum Gasteiger partial charge on any atom is -0.352 e. The first-order valence-corrected chi connectivity index (χ1v) is 8.85. The van der Waals surface area contributed by atoms with Crippen LogP contribution in [0.5, 0.6) is 0 Å². The van der Waals surface area contributed by atoms with Gasteiger partial charge >= 0.3 is 0 Å². The summed E-state index contributed by atoms with van der Waals surface area (Å²) in [6.45, 7) is 6.68. The van der Waals surface area contributed by atoms with Crippen molar-refractivity contribution in [1.29, 1.82) is 5.26 Å². The van der Waals surface area contributed by atoms with Crippen LogP contribution in [-0.4, -0.2) is 42.0 Å². The van der Waals surface area contributed by atoms with Crippen molar-refractivity contribution in [2.45, 2.75) is 25.6 Å². The Morgan fingerprint density at radius 3 is 3.00 bits per heavy atom. The molecule has 2 rings (SSSR count). The number of nitrogens with zero attached hydrogens (tertiary/aromatic N) is 3. The zero-order chi connectivity index (χ0) is 16.8. The maximum Gasteiger partial charge on any atom is 0.193 e. The Bertz CT molecular complexity index is 609. The molecule has 1 unspecified atom stereocenters. The molecule has 0 spiro atoms. The van der Waals surface area contributed by atoms with Gasteiger partial charge in [0.2, 0.25) is 0 Å². The first kappa shape index (κ1) is 17.6. The van der Waals surface area contributed by atoms with Gasteiger partial charge in [-0.15, -0.1) is 0 Å². The smallest absolute Gasteiger partial charge is 0.193 e. The molecule has 1 aromatic carbocycles. The topological polar surface area (TPSA) is 51.4 Å². The third-order valence-electron chi connectivity index (χ3n) is 3.96. The molecule has 0 amide bonds. The Morgan fingerprint density at radius 2 is 2.35 bits per heavy atom. The van der Waals surface area contributed by atoms with Gasteiger partial charge in [-0.2, -0.15) is 17.0 Å². The van der Waals surface area contributed by atoms with Gasteiger partial charge in [-0.25, -0.2) is 4.39 Å². The summed E-state index contributed by atoms with van der Waals surface area (Å²) in [5, 5.41) is 12.7. The molecule has 1 saturated heterocycles. The van der Waals surface area contributed by atoms with E-state index in [-0.39, 0.29) is 5.82 Å². The molecule has 1 fully saturated rings. The highest BCUT2D eigenvalue weighted by molar-refractivity contribution is 8.00. The van der Waals surface area contributed by atoms with Crippen molar-refractivity contribution in [3.05, 3.63) is 35.1 Å². The van der Waals surface area contributed by atoms with Gasteiger partial charge in [-0.05, 0) is 24.1 Å². The number of benzene rings is 1. The SMILES string of the molecule is CN=C(NCc1cc(C#N)ccc1F)N1CCSC(C(C)C)C1. The second-order valence-electron chi connectivity index (χ2n) is 5.92. The first-order chi connectivity index (χ1) is 11.0. The first-order valence-electron chi connectivity index (χ1n) is 7.81. The number of aliphatic imine (C=N–C) groups is 1. The minimum absolute atomic E-state index is 0.304. The van der Waals surface area contributed by atoms with E-state index in [4.69, 9.17) is 5.26 Å². The second-order valence-corrected chi connectivity index (χ2v) is 7.27. The quantitative estimate of drug-likeness (QED) is 0.682. The minimum atomic E-state index is -0.304. The zero-order valence-electron chi connectivity index (χ0n) is 13.8. The van der Waals surface area contributed by atoms with E-state index in [0.717, 1.165) is 24.8 Å². The van der Waals surface area contributed by atoms with E-state index >= 15 is 0 Å². The summed E-state index contributed by atoms with van der Waals surface area (Å²) in [7, 11) is 1.75. The molecule has 1 aliphatic heterocycles. The van der Waals surface area contributed by atoms with Gasteiger partial charge in [-0.3, -0.25) is 4.99 Å². The molecule has 0 radical (unpaired) electrons. The van der Waals surface area contributed by atoms with Crippen LogP contribution in [-0.2, 0) is 6.54 Å². The molecule has 23 heavy (non-hydrogen) atoms. The van der Waals surface area contributed by atoms with E-state index in [2.05, 4.69) is 29.1 Å². The monoisotopic (exact) mass is 334 g/mol. The summed E-state index contributed by atoms with van der Waals surface area (Å²) < 4.78 is 13.9. The molecule has 0 aromatic heterocycles. The molecule has 1 atom stereocenters. The highest BCUT2D eigenvalue weighted by Gasteiger charge is 2.24. The predicted octanol–water partition coefficient (Wildman–Crippen LogP) is 2.85. The molecule has 6 heteroatoms. The van der Waals surface area contributed by atoms with Crippen molar-refractivity contribution in [3.63, 3.8) is 0 Å². The van der Waals surface area contributed by atoms with Crippen LogP contribution in [0.3, 0.4) is 0 Å². The van der Waals surface area contributed by atoms with Gasteiger partial charge in [0, 0.05) is 43.2 Å². The van der Waals surface area contributed by atoms with Crippen LogP contribution >= 0.6 is 11.8 Å². The van der Waals surface area contributed by atoms with Crippen LogP contribution in [0.25, 0.3) is 0 Å². The summed E-state index contributed by atoms with van der Waals surface area (Å²) in [5.74, 6) is 2.17. The normalized spacial score (nSPS) is 18.9. The van der Waals surface area contributed by atoms with E-state index in [9.17, 15) is 4.39 Å². The Balaban J connectivity index is 2.02. The van der Waals surface area contributed by atoms with E-state index in [1.165, 1.54) is 12.1 Å². The number of nitrogens with one attached hydrogen (secondary N) is 1. The highest BCUT2D eigenvalue weighted by atomic mass is 32.2. The third-order valence-corrected chi connectivity index (χ3v) is 5.50. The summed E-state index contributed by atoms with van der Waals surface area (Å²) in [4.78, 5) is 6.56. The standard InChI is InChI=1S/C17H23FN4S/c1-12(2)16-11-22(6-7-23-16)17(20-3)21-10-14-8-13(9-19)4-5-15(14)18/h4-5,8,12,16H,6-7,10-11H2,1-3H3,(H,20,21). The Hall–Kier alpha value is -1.74. The maximum atomic E-state index is 13.9. The summed E-state index contributed by atoms with van der Waals surface area (Å²) >= 11 is 2.00. The maximum absolute atomic E-state index is 13.9. The number of guanidine groups is 1. The molecule has 0 bridgehead atoms. The van der Waals surface area contributed by atoms with Gasteiger partial charge in [0.05, 0.1) is 11.6 Å². The number of nitriles is 1. The lowest BCUT2D eigenvalue weighted by Crippen LogP contribution is -2.48. The molecule has 1 N–H and O–H groups in total. The van der Waals surface area contributed by atoms with Crippen molar-refractivity contribution in [2.24, 2.45) is 10.9 Å². The average molecular weight is 334 g/mol. The molecule has 4 nitrogen and oxygen atoms in total. The fraction of sp³-hybridized carbons (Fsp3) is 0.529. The molecular weight excluding hydrogens is 311 g/mol. The van der Waals surface area contributed by atoms with Crippen molar-refractivity contribution in [2.75, 3.05) is 25.9 Å². The van der Waals surface area contributed by atoms with Crippen LogP contribution < -0.4 is 5.32 Å². The fourth-order valence-electron chi connectivity index (χ4n) is 2.56. The highest BCUT2D eigenvalue weighted by Crippen LogP contribution is 2.24. The fourth-order valence-corrected chi connectivity index (χ4v) is 3.86. The van der Waals surface area contributed by atoms with E-state index < -0.39 is 0 Å². The van der Waals surface area contributed by atoms with Crippen LogP contribution in [0.1, 0.15) is 25.0 Å². The largest absolute Gasteiger partial charge is 0.352 e. The number of thioether (sulfide) groups is 1. The average Bonchev–Trinajstić information content (AvgIpc) is 2.57. The predicted molar refractivity (Wildman–Crippen MR) is 94.0 cm³/mol. The molecule has 0 aliphatic carbocycles. The van der Waals surface area contributed by atoms with Crippen LogP contribution in [0, 0.1) is 23.1 Å². The molecule has 1 aliphatic rings. The number of rotatable bonds is 3. The van der Waals surface area contributed by atoms with Crippen molar-refractivity contribution in [3.8, 4) is 6.07 Å². The van der Waals surface area contributed by atoms with Crippen LogP contribution in [0.15, 0.2) is 23.2 Å². The number of hydrogen-bond acceptors (Lipinski definition) is 3. The van der Waals surface area contributed by atoms with Gasteiger partial charge in [-0.1, -0.05) is 13.8 Å². The van der Waals surface area contributed by atoms with Gasteiger partial charge in [0.25, 0.3) is 0 Å². The Kier molecular flexibility index (Phi) is 6.28. The number of halogens is 1. The Morgan fingerprint density at radius 1 is 1.57 bits per heavy atom. The van der Waals surface area contributed by atoms with Crippen LogP contribution in [0.4, 0.5) is 4.39 Å². The Labute approximate surface area is 141 Å². The third kappa shape index (κ3) is 4.61. The summed E-state index contributed by atoms with van der Waals surface area (Å²) in [6, 6.07) is 6.45. The molecule has 124 valence electrons. The number of hydrogen-bond donors (Lipinski definition) is 1. The van der Waals surface area contributed by atoms with E-state index in [0.29, 0.717) is 28.8 Å². The summed E-state index contributed by atoms with van der Waals surface area (Å²) in [6.07, 6.45) is 0. The van der Waals surface area contributed by atoms with Gasteiger partial charge in [0.15, 0.2) is 5.96 Å².